The van der Waals surface area contributed by atoms with Crippen LogP contribution in [0.5, 0.6) is 0 Å². The molecule has 1 aromatic carbocycles. The second-order valence-corrected chi connectivity index (χ2v) is 5.62. The Labute approximate surface area is 115 Å². The van der Waals surface area contributed by atoms with Crippen molar-refractivity contribution in [1.29, 1.82) is 5.26 Å². The summed E-state index contributed by atoms with van der Waals surface area (Å²) >= 11 is 9.28. The third-order valence-corrected chi connectivity index (χ3v) is 3.18. The third-order valence-electron chi connectivity index (χ3n) is 2.38. The number of nitrogens with zero attached hydrogens (tertiary/aromatic N) is 1. The molecule has 0 fully saturated rings. The second-order valence-electron chi connectivity index (χ2n) is 4.30. The molecule has 0 spiro atoms. The van der Waals surface area contributed by atoms with Crippen LogP contribution in [0.15, 0.2) is 22.7 Å². The third kappa shape index (κ3) is 3.83. The number of carbonyl (C=O) groups is 1. The Balaban J connectivity index is 2.99. The van der Waals surface area contributed by atoms with Crippen LogP contribution in [0.1, 0.15) is 30.6 Å². The topological polar surface area (TPSA) is 40.9 Å². The van der Waals surface area contributed by atoms with E-state index in [0.29, 0.717) is 22.9 Å². The highest BCUT2D eigenvalue weighted by Crippen LogP contribution is 2.25. The van der Waals surface area contributed by atoms with Gasteiger partial charge in [0.1, 0.15) is 5.92 Å². The molecule has 0 saturated heterocycles. The Morgan fingerprint density at radius 3 is 2.65 bits per heavy atom. The molecule has 0 radical (unpaired) electrons. The van der Waals surface area contributed by atoms with Crippen molar-refractivity contribution in [3.8, 4) is 6.07 Å². The molecule has 0 aromatic heterocycles. The minimum Gasteiger partial charge on any atom is -0.293 e. The van der Waals surface area contributed by atoms with Gasteiger partial charge in [0, 0.05) is 10.0 Å². The van der Waals surface area contributed by atoms with Crippen LogP contribution in [0.4, 0.5) is 0 Å². The fourth-order valence-corrected chi connectivity index (χ4v) is 2.33. The SMILES string of the molecule is CC(C)CC(C#N)C(=O)c1ccc(Br)cc1Cl. The molecule has 1 unspecified atom stereocenters. The lowest BCUT2D eigenvalue weighted by molar-refractivity contribution is 0.0937. The molecule has 0 saturated carbocycles. The van der Waals surface area contributed by atoms with Crippen molar-refractivity contribution in [2.24, 2.45) is 11.8 Å². The van der Waals surface area contributed by atoms with Gasteiger partial charge in [-0.05, 0) is 30.5 Å². The van der Waals surface area contributed by atoms with E-state index in [9.17, 15) is 4.79 Å². The van der Waals surface area contributed by atoms with Gasteiger partial charge in [0.15, 0.2) is 5.78 Å². The molecule has 1 atom stereocenters. The largest absolute Gasteiger partial charge is 0.293 e. The molecular weight excluding hydrogens is 302 g/mol. The lowest BCUT2D eigenvalue weighted by atomic mass is 9.91. The molecule has 0 aliphatic carbocycles. The van der Waals surface area contributed by atoms with Crippen LogP contribution in [0.2, 0.25) is 5.02 Å². The normalized spacial score (nSPS) is 12.2. The summed E-state index contributed by atoms with van der Waals surface area (Å²) in [6.45, 7) is 3.97. The Morgan fingerprint density at radius 2 is 2.18 bits per heavy atom. The van der Waals surface area contributed by atoms with Crippen molar-refractivity contribution in [3.63, 3.8) is 0 Å². The van der Waals surface area contributed by atoms with Gasteiger partial charge in [0.25, 0.3) is 0 Å². The summed E-state index contributed by atoms with van der Waals surface area (Å²) in [4.78, 5) is 12.1. The summed E-state index contributed by atoms with van der Waals surface area (Å²) in [6.07, 6.45) is 0.557. The van der Waals surface area contributed by atoms with Crippen molar-refractivity contribution in [2.45, 2.75) is 20.3 Å². The minimum absolute atomic E-state index is 0.196. The zero-order chi connectivity index (χ0) is 13.0. The van der Waals surface area contributed by atoms with E-state index in [1.165, 1.54) is 0 Å². The number of Topliss-reactive ketones (excluding diaryl/α,β-unsaturated/α-hetero) is 1. The monoisotopic (exact) mass is 313 g/mol. The highest BCUT2D eigenvalue weighted by atomic mass is 79.9. The van der Waals surface area contributed by atoms with E-state index in [2.05, 4.69) is 22.0 Å². The van der Waals surface area contributed by atoms with Crippen molar-refractivity contribution < 1.29 is 4.79 Å². The smallest absolute Gasteiger partial charge is 0.181 e. The number of rotatable bonds is 4. The van der Waals surface area contributed by atoms with Gasteiger partial charge in [0.05, 0.1) is 11.1 Å². The molecular formula is C13H13BrClNO. The van der Waals surface area contributed by atoms with E-state index in [4.69, 9.17) is 16.9 Å². The fraction of sp³-hybridized carbons (Fsp3) is 0.385. The molecule has 1 aromatic rings. The molecule has 1 rings (SSSR count). The molecule has 2 nitrogen and oxygen atoms in total. The van der Waals surface area contributed by atoms with Crippen LogP contribution in [0.25, 0.3) is 0 Å². The second kappa shape index (κ2) is 6.18. The first kappa shape index (κ1) is 14.2. The van der Waals surface area contributed by atoms with Gasteiger partial charge in [0.2, 0.25) is 0 Å². The Morgan fingerprint density at radius 1 is 1.53 bits per heavy atom. The predicted molar refractivity (Wildman–Crippen MR) is 72.0 cm³/mol. The predicted octanol–water partition coefficient (Wildman–Crippen LogP) is 4.47. The number of hydrogen-bond donors (Lipinski definition) is 0. The van der Waals surface area contributed by atoms with Crippen LogP contribution < -0.4 is 0 Å². The van der Waals surface area contributed by atoms with Gasteiger partial charge in [-0.1, -0.05) is 41.4 Å². The average molecular weight is 315 g/mol. The fourth-order valence-electron chi connectivity index (χ4n) is 1.57. The molecule has 0 N–H and O–H groups in total. The maximum atomic E-state index is 12.1. The van der Waals surface area contributed by atoms with E-state index < -0.39 is 5.92 Å². The van der Waals surface area contributed by atoms with Gasteiger partial charge < -0.3 is 0 Å². The van der Waals surface area contributed by atoms with Crippen molar-refractivity contribution in [3.05, 3.63) is 33.3 Å². The maximum absolute atomic E-state index is 12.1. The maximum Gasteiger partial charge on any atom is 0.181 e. The van der Waals surface area contributed by atoms with E-state index in [1.54, 1.807) is 18.2 Å². The van der Waals surface area contributed by atoms with Gasteiger partial charge in [-0.2, -0.15) is 5.26 Å². The van der Waals surface area contributed by atoms with Gasteiger partial charge in [-0.15, -0.1) is 0 Å². The van der Waals surface area contributed by atoms with E-state index >= 15 is 0 Å². The summed E-state index contributed by atoms with van der Waals surface area (Å²) in [7, 11) is 0. The minimum atomic E-state index is -0.617. The first-order valence-corrected chi connectivity index (χ1v) is 6.51. The molecule has 0 bridgehead atoms. The molecule has 90 valence electrons. The van der Waals surface area contributed by atoms with Crippen LogP contribution >= 0.6 is 27.5 Å². The number of benzene rings is 1. The first-order chi connectivity index (χ1) is 7.95. The van der Waals surface area contributed by atoms with E-state index in [1.807, 2.05) is 13.8 Å². The van der Waals surface area contributed by atoms with E-state index in [0.717, 1.165) is 4.47 Å². The van der Waals surface area contributed by atoms with Gasteiger partial charge in [-0.25, -0.2) is 0 Å². The number of hydrogen-bond acceptors (Lipinski definition) is 2. The Kier molecular flexibility index (Phi) is 5.17. The zero-order valence-corrected chi connectivity index (χ0v) is 12.0. The highest BCUT2D eigenvalue weighted by Gasteiger charge is 2.22. The van der Waals surface area contributed by atoms with Crippen LogP contribution in [-0.4, -0.2) is 5.78 Å². The average Bonchev–Trinajstić information content (AvgIpc) is 2.24. The number of ketones is 1. The molecule has 0 heterocycles. The van der Waals surface area contributed by atoms with Crippen molar-refractivity contribution in [2.75, 3.05) is 0 Å². The Hall–Kier alpha value is -0.850. The molecule has 0 aliphatic heterocycles. The summed E-state index contributed by atoms with van der Waals surface area (Å²) in [5.41, 5.74) is 0.419. The van der Waals surface area contributed by atoms with Crippen LogP contribution in [0.3, 0.4) is 0 Å². The zero-order valence-electron chi connectivity index (χ0n) is 9.71. The van der Waals surface area contributed by atoms with E-state index in [-0.39, 0.29) is 5.78 Å². The van der Waals surface area contributed by atoms with Gasteiger partial charge >= 0.3 is 0 Å². The standard InChI is InChI=1S/C13H13BrClNO/c1-8(2)5-9(7-16)13(17)11-4-3-10(14)6-12(11)15/h3-4,6,8-9H,5H2,1-2H3. The summed E-state index contributed by atoms with van der Waals surface area (Å²) in [5.74, 6) is -0.509. The molecule has 0 aliphatic rings. The molecule has 17 heavy (non-hydrogen) atoms. The summed E-state index contributed by atoms with van der Waals surface area (Å²) < 4.78 is 0.816. The lowest BCUT2D eigenvalue weighted by Gasteiger charge is -2.11. The number of halogens is 2. The molecule has 0 amide bonds. The van der Waals surface area contributed by atoms with Crippen LogP contribution in [0, 0.1) is 23.2 Å². The quantitative estimate of drug-likeness (QED) is 0.769. The first-order valence-electron chi connectivity index (χ1n) is 5.34. The Bertz CT molecular complexity index is 465. The lowest BCUT2D eigenvalue weighted by Crippen LogP contribution is -2.15. The highest BCUT2D eigenvalue weighted by molar-refractivity contribution is 9.10. The number of nitriles is 1. The number of carbonyl (C=O) groups excluding carboxylic acids is 1. The summed E-state index contributed by atoms with van der Waals surface area (Å²) in [6, 6.07) is 7.12. The van der Waals surface area contributed by atoms with Crippen LogP contribution in [-0.2, 0) is 0 Å². The van der Waals surface area contributed by atoms with Gasteiger partial charge in [-0.3, -0.25) is 4.79 Å². The van der Waals surface area contributed by atoms with Crippen molar-refractivity contribution in [1.82, 2.24) is 0 Å². The molecule has 4 heteroatoms. The summed E-state index contributed by atoms with van der Waals surface area (Å²) in [5, 5.41) is 9.41. The van der Waals surface area contributed by atoms with Crippen molar-refractivity contribution >= 4 is 33.3 Å².